The number of ether oxygens (including phenoxy) is 1. The zero-order chi connectivity index (χ0) is 16.2. The van der Waals surface area contributed by atoms with Crippen molar-refractivity contribution in [3.8, 4) is 5.75 Å². The van der Waals surface area contributed by atoms with Crippen LogP contribution in [0.2, 0.25) is 5.02 Å². The number of halogens is 1. The summed E-state index contributed by atoms with van der Waals surface area (Å²) in [6, 6.07) is 3.62. The zero-order valence-corrected chi connectivity index (χ0v) is 14.3. The van der Waals surface area contributed by atoms with Gasteiger partial charge in [-0.25, -0.2) is 5.43 Å². The molecule has 0 spiro atoms. The van der Waals surface area contributed by atoms with Crippen LogP contribution in [0.15, 0.2) is 17.2 Å². The first-order valence-corrected chi connectivity index (χ1v) is 7.22. The second-order valence-electron chi connectivity index (χ2n) is 6.14. The van der Waals surface area contributed by atoms with E-state index in [0.717, 1.165) is 21.9 Å². The van der Waals surface area contributed by atoms with Crippen molar-refractivity contribution in [1.82, 2.24) is 5.43 Å². The van der Waals surface area contributed by atoms with Crippen LogP contribution in [0.4, 0.5) is 0 Å². The molecule has 1 N–H and O–H groups in total. The molecular formula is C16H23ClN2O2. The molecule has 21 heavy (non-hydrogen) atoms. The molecule has 0 unspecified atom stereocenters. The van der Waals surface area contributed by atoms with Crippen molar-refractivity contribution < 1.29 is 9.53 Å². The molecule has 1 aromatic carbocycles. The molecule has 0 saturated heterocycles. The van der Waals surface area contributed by atoms with E-state index in [1.165, 1.54) is 0 Å². The van der Waals surface area contributed by atoms with Crippen molar-refractivity contribution in [1.29, 1.82) is 0 Å². The summed E-state index contributed by atoms with van der Waals surface area (Å²) in [5, 5.41) is 4.79. The van der Waals surface area contributed by atoms with Crippen molar-refractivity contribution in [2.24, 2.45) is 10.5 Å². The molecule has 0 aliphatic rings. The van der Waals surface area contributed by atoms with Gasteiger partial charge in [-0.2, -0.15) is 5.10 Å². The second kappa shape index (κ2) is 6.94. The maximum absolute atomic E-state index is 11.7. The maximum Gasteiger partial charge on any atom is 0.277 e. The number of carbonyl (C=O) groups excluding carboxylic acids is 1. The third-order valence-corrected chi connectivity index (χ3v) is 3.81. The number of amides is 1. The van der Waals surface area contributed by atoms with Gasteiger partial charge in [-0.05, 0) is 44.0 Å². The summed E-state index contributed by atoms with van der Waals surface area (Å²) < 4.78 is 5.46. The lowest BCUT2D eigenvalue weighted by Crippen LogP contribution is -2.28. The van der Waals surface area contributed by atoms with E-state index >= 15 is 0 Å². The molecule has 0 saturated carbocycles. The van der Waals surface area contributed by atoms with Gasteiger partial charge in [0.25, 0.3) is 5.91 Å². The highest BCUT2D eigenvalue weighted by atomic mass is 35.5. The Morgan fingerprint density at radius 2 is 1.81 bits per heavy atom. The fourth-order valence-electron chi connectivity index (χ4n) is 1.48. The summed E-state index contributed by atoms with van der Waals surface area (Å²) in [6.07, 6.45) is 0. The smallest absolute Gasteiger partial charge is 0.277 e. The number of nitrogens with zero attached hydrogens (tertiary/aromatic N) is 1. The van der Waals surface area contributed by atoms with Crippen LogP contribution in [0.3, 0.4) is 0 Å². The lowest BCUT2D eigenvalue weighted by molar-refractivity contribution is -0.123. The number of carbonyl (C=O) groups is 1. The normalized spacial score (nSPS) is 12.2. The minimum absolute atomic E-state index is 0.0709. The highest BCUT2D eigenvalue weighted by Gasteiger charge is 2.14. The lowest BCUT2D eigenvalue weighted by atomic mass is 9.91. The number of hydrogen-bond acceptors (Lipinski definition) is 3. The molecule has 0 atom stereocenters. The summed E-state index contributed by atoms with van der Waals surface area (Å²) in [5.41, 5.74) is 5.13. The van der Waals surface area contributed by atoms with Crippen LogP contribution in [0.1, 0.15) is 38.8 Å². The minimum atomic E-state index is -0.288. The van der Waals surface area contributed by atoms with Gasteiger partial charge in [0.2, 0.25) is 0 Å². The Balaban J connectivity index is 2.58. The molecule has 4 nitrogen and oxygen atoms in total. The van der Waals surface area contributed by atoms with Crippen LogP contribution in [0, 0.1) is 19.3 Å². The Labute approximate surface area is 131 Å². The molecule has 116 valence electrons. The molecule has 0 bridgehead atoms. The van der Waals surface area contributed by atoms with Gasteiger partial charge in [-0.15, -0.1) is 0 Å². The van der Waals surface area contributed by atoms with Crippen molar-refractivity contribution in [2.45, 2.75) is 41.5 Å². The van der Waals surface area contributed by atoms with Gasteiger partial charge in [0.15, 0.2) is 6.61 Å². The predicted octanol–water partition coefficient (Wildman–Crippen LogP) is 3.87. The third kappa shape index (κ3) is 5.38. The van der Waals surface area contributed by atoms with Gasteiger partial charge in [0, 0.05) is 16.1 Å². The fourth-order valence-corrected chi connectivity index (χ4v) is 1.59. The van der Waals surface area contributed by atoms with E-state index in [1.807, 2.05) is 53.7 Å². The molecule has 5 heteroatoms. The minimum Gasteiger partial charge on any atom is -0.484 e. The molecule has 1 rings (SSSR count). The fraction of sp³-hybridized carbons (Fsp3) is 0.500. The Hall–Kier alpha value is -1.55. The number of nitrogens with one attached hydrogen (secondary N) is 1. The summed E-state index contributed by atoms with van der Waals surface area (Å²) in [5.74, 6) is 0.338. The molecule has 0 fully saturated rings. The highest BCUT2D eigenvalue weighted by Crippen LogP contribution is 2.25. The first kappa shape index (κ1) is 17.5. The van der Waals surface area contributed by atoms with Crippen LogP contribution in [-0.2, 0) is 4.79 Å². The van der Waals surface area contributed by atoms with Gasteiger partial charge in [0.05, 0.1) is 0 Å². The SMILES string of the molecule is CC(=NNC(=O)COc1cc(C)c(Cl)c(C)c1)C(C)(C)C. The second-order valence-corrected chi connectivity index (χ2v) is 6.52. The van der Waals surface area contributed by atoms with Gasteiger partial charge in [-0.1, -0.05) is 32.4 Å². The van der Waals surface area contributed by atoms with Crippen molar-refractivity contribution in [3.63, 3.8) is 0 Å². The maximum atomic E-state index is 11.7. The van der Waals surface area contributed by atoms with Gasteiger partial charge >= 0.3 is 0 Å². The number of hydrogen-bond donors (Lipinski definition) is 1. The summed E-state index contributed by atoms with van der Waals surface area (Å²) in [7, 11) is 0. The van der Waals surface area contributed by atoms with Crippen LogP contribution in [0.25, 0.3) is 0 Å². The summed E-state index contributed by atoms with van der Waals surface area (Å²) >= 11 is 6.09. The van der Waals surface area contributed by atoms with Crippen LogP contribution < -0.4 is 10.2 Å². The molecule has 0 aromatic heterocycles. The highest BCUT2D eigenvalue weighted by molar-refractivity contribution is 6.32. The summed E-state index contributed by atoms with van der Waals surface area (Å²) in [6.45, 7) is 11.7. The van der Waals surface area contributed by atoms with Crippen LogP contribution in [-0.4, -0.2) is 18.2 Å². The van der Waals surface area contributed by atoms with E-state index in [1.54, 1.807) is 0 Å². The molecule has 0 aliphatic carbocycles. The number of rotatable bonds is 4. The number of benzene rings is 1. The van der Waals surface area contributed by atoms with E-state index in [4.69, 9.17) is 16.3 Å². The quantitative estimate of drug-likeness (QED) is 0.678. The Morgan fingerprint density at radius 3 is 2.29 bits per heavy atom. The monoisotopic (exact) mass is 310 g/mol. The van der Waals surface area contributed by atoms with E-state index in [0.29, 0.717) is 5.75 Å². The van der Waals surface area contributed by atoms with Crippen LogP contribution in [0.5, 0.6) is 5.75 Å². The zero-order valence-electron chi connectivity index (χ0n) is 13.5. The standard InChI is InChI=1S/C16H23ClN2O2/c1-10-7-13(8-11(2)15(10)17)21-9-14(20)19-18-12(3)16(4,5)6/h7-8H,9H2,1-6H3,(H,19,20). The molecule has 0 heterocycles. The molecule has 1 aromatic rings. The van der Waals surface area contributed by atoms with Gasteiger partial charge < -0.3 is 4.74 Å². The van der Waals surface area contributed by atoms with E-state index in [2.05, 4.69) is 10.5 Å². The summed E-state index contributed by atoms with van der Waals surface area (Å²) in [4.78, 5) is 11.7. The van der Waals surface area contributed by atoms with E-state index in [-0.39, 0.29) is 17.9 Å². The molecular weight excluding hydrogens is 288 g/mol. The van der Waals surface area contributed by atoms with E-state index < -0.39 is 0 Å². The number of hydrazone groups is 1. The van der Waals surface area contributed by atoms with Crippen molar-refractivity contribution in [2.75, 3.05) is 6.61 Å². The predicted molar refractivity (Wildman–Crippen MR) is 87.1 cm³/mol. The first-order chi connectivity index (χ1) is 9.61. The van der Waals surface area contributed by atoms with E-state index in [9.17, 15) is 4.79 Å². The number of aryl methyl sites for hydroxylation is 2. The topological polar surface area (TPSA) is 50.7 Å². The van der Waals surface area contributed by atoms with Crippen molar-refractivity contribution in [3.05, 3.63) is 28.3 Å². The largest absolute Gasteiger partial charge is 0.484 e. The van der Waals surface area contributed by atoms with Gasteiger partial charge in [-0.3, -0.25) is 4.79 Å². The average molecular weight is 311 g/mol. The lowest BCUT2D eigenvalue weighted by Gasteiger charge is -2.17. The Bertz CT molecular complexity index is 537. The van der Waals surface area contributed by atoms with Gasteiger partial charge in [0.1, 0.15) is 5.75 Å². The Morgan fingerprint density at radius 1 is 1.29 bits per heavy atom. The molecule has 1 amide bonds. The molecule has 0 aliphatic heterocycles. The Kier molecular flexibility index (Phi) is 5.78. The van der Waals surface area contributed by atoms with Crippen molar-refractivity contribution >= 4 is 23.2 Å². The average Bonchev–Trinajstić information content (AvgIpc) is 2.38. The third-order valence-electron chi connectivity index (χ3n) is 3.21. The van der Waals surface area contributed by atoms with Crippen LogP contribution >= 0.6 is 11.6 Å². The molecule has 0 radical (unpaired) electrons. The first-order valence-electron chi connectivity index (χ1n) is 6.84.